The smallest absolute Gasteiger partial charge is 0.224 e. The molecule has 1 aromatic rings. The van der Waals surface area contributed by atoms with Crippen molar-refractivity contribution in [3.8, 4) is 11.5 Å². The summed E-state index contributed by atoms with van der Waals surface area (Å²) in [7, 11) is 0. The largest absolute Gasteiger partial charge is 0.504 e. The number of phenols is 2. The van der Waals surface area contributed by atoms with Gasteiger partial charge in [0.2, 0.25) is 5.91 Å². The number of aromatic hydroxyl groups is 2. The lowest BCUT2D eigenvalue weighted by Crippen LogP contribution is -2.28. The van der Waals surface area contributed by atoms with E-state index in [0.717, 1.165) is 24.8 Å². The molecular weight excluding hydrogens is 270 g/mol. The fraction of sp³-hybridized carbons (Fsp3) is 0.438. The van der Waals surface area contributed by atoms with Gasteiger partial charge in [0.1, 0.15) is 0 Å². The van der Waals surface area contributed by atoms with Crippen LogP contribution in [0.25, 0.3) is 0 Å². The van der Waals surface area contributed by atoms with Gasteiger partial charge < -0.3 is 20.6 Å². The van der Waals surface area contributed by atoms with Crippen molar-refractivity contribution < 1.29 is 20.1 Å². The third-order valence-corrected chi connectivity index (χ3v) is 3.65. The Morgan fingerprint density at radius 3 is 2.71 bits per heavy atom. The molecule has 1 unspecified atom stereocenters. The summed E-state index contributed by atoms with van der Waals surface area (Å²) < 4.78 is 0. The minimum absolute atomic E-state index is 0.0797. The van der Waals surface area contributed by atoms with Crippen LogP contribution < -0.4 is 5.32 Å². The van der Waals surface area contributed by atoms with Gasteiger partial charge in [0.15, 0.2) is 11.5 Å². The first-order valence-corrected chi connectivity index (χ1v) is 7.21. The fourth-order valence-electron chi connectivity index (χ4n) is 2.41. The average molecular weight is 291 g/mol. The highest BCUT2D eigenvalue weighted by Crippen LogP contribution is 2.27. The number of benzene rings is 1. The zero-order valence-electron chi connectivity index (χ0n) is 11.9. The summed E-state index contributed by atoms with van der Waals surface area (Å²) in [4.78, 5) is 11.8. The van der Waals surface area contributed by atoms with Gasteiger partial charge in [-0.2, -0.15) is 0 Å². The lowest BCUT2D eigenvalue weighted by molar-refractivity contribution is -0.120. The molecule has 0 saturated heterocycles. The standard InChI is InChI=1S/C16H21NO4/c18-13-7-6-12(9-14(13)19)15(20)10-17-16(21)8-11-4-2-1-3-5-11/h4,6-7,9,15,18-20H,1-3,5,8,10H2,(H,17,21). The van der Waals surface area contributed by atoms with Crippen molar-refractivity contribution in [1.29, 1.82) is 0 Å². The second-order valence-electron chi connectivity index (χ2n) is 5.35. The van der Waals surface area contributed by atoms with Crippen molar-refractivity contribution in [2.24, 2.45) is 0 Å². The van der Waals surface area contributed by atoms with Gasteiger partial charge in [0, 0.05) is 13.0 Å². The van der Waals surface area contributed by atoms with Crippen molar-refractivity contribution in [1.82, 2.24) is 5.32 Å². The maximum atomic E-state index is 11.8. The molecule has 21 heavy (non-hydrogen) atoms. The van der Waals surface area contributed by atoms with Crippen LogP contribution in [0.15, 0.2) is 29.8 Å². The number of amides is 1. The van der Waals surface area contributed by atoms with E-state index < -0.39 is 6.10 Å². The van der Waals surface area contributed by atoms with E-state index in [1.165, 1.54) is 24.6 Å². The fourth-order valence-corrected chi connectivity index (χ4v) is 2.41. The zero-order valence-corrected chi connectivity index (χ0v) is 11.9. The van der Waals surface area contributed by atoms with Crippen molar-refractivity contribution in [3.63, 3.8) is 0 Å². The molecule has 1 aliphatic carbocycles. The highest BCUT2D eigenvalue weighted by atomic mass is 16.3. The number of phenolic OH excluding ortho intramolecular Hbond substituents is 2. The number of aliphatic hydroxyl groups excluding tert-OH is 1. The summed E-state index contributed by atoms with van der Waals surface area (Å²) in [6.45, 7) is 0.0797. The van der Waals surface area contributed by atoms with E-state index in [4.69, 9.17) is 0 Å². The highest BCUT2D eigenvalue weighted by molar-refractivity contribution is 5.78. The molecule has 1 amide bonds. The molecule has 0 saturated carbocycles. The maximum absolute atomic E-state index is 11.8. The lowest BCUT2D eigenvalue weighted by Gasteiger charge is -2.15. The molecule has 1 aromatic carbocycles. The van der Waals surface area contributed by atoms with Crippen molar-refractivity contribution in [2.45, 2.75) is 38.2 Å². The molecule has 0 aromatic heterocycles. The number of aliphatic hydroxyl groups is 1. The number of carbonyl (C=O) groups excluding carboxylic acids is 1. The first-order chi connectivity index (χ1) is 10.1. The second-order valence-corrected chi connectivity index (χ2v) is 5.35. The van der Waals surface area contributed by atoms with Crippen molar-refractivity contribution in [2.75, 3.05) is 6.54 Å². The molecule has 0 heterocycles. The summed E-state index contributed by atoms with van der Waals surface area (Å²) in [6.07, 6.45) is 5.92. The lowest BCUT2D eigenvalue weighted by atomic mass is 9.97. The predicted molar refractivity (Wildman–Crippen MR) is 78.9 cm³/mol. The van der Waals surface area contributed by atoms with E-state index in [9.17, 15) is 20.1 Å². The number of rotatable bonds is 5. The molecule has 1 atom stereocenters. The van der Waals surface area contributed by atoms with Gasteiger partial charge in [-0.05, 0) is 43.4 Å². The van der Waals surface area contributed by atoms with E-state index in [-0.39, 0.29) is 24.0 Å². The normalized spacial score (nSPS) is 16.1. The highest BCUT2D eigenvalue weighted by Gasteiger charge is 2.13. The molecular formula is C16H21NO4. The van der Waals surface area contributed by atoms with Crippen molar-refractivity contribution in [3.05, 3.63) is 35.4 Å². The molecule has 4 N–H and O–H groups in total. The third kappa shape index (κ3) is 4.49. The van der Waals surface area contributed by atoms with E-state index in [0.29, 0.717) is 12.0 Å². The summed E-state index contributed by atoms with van der Waals surface area (Å²) in [5, 5.41) is 31.3. The van der Waals surface area contributed by atoms with Crippen LogP contribution in [0.1, 0.15) is 43.8 Å². The van der Waals surface area contributed by atoms with Gasteiger partial charge in [-0.1, -0.05) is 17.7 Å². The second kappa shape index (κ2) is 7.13. The van der Waals surface area contributed by atoms with Crippen LogP contribution in [-0.4, -0.2) is 27.8 Å². The van der Waals surface area contributed by atoms with Crippen LogP contribution >= 0.6 is 0 Å². The van der Waals surface area contributed by atoms with Crippen LogP contribution in [0.3, 0.4) is 0 Å². The molecule has 0 aliphatic heterocycles. The van der Waals surface area contributed by atoms with E-state index >= 15 is 0 Å². The molecule has 0 spiro atoms. The molecule has 0 bridgehead atoms. The van der Waals surface area contributed by atoms with Crippen molar-refractivity contribution >= 4 is 5.91 Å². The van der Waals surface area contributed by atoms with E-state index in [2.05, 4.69) is 11.4 Å². The van der Waals surface area contributed by atoms with Gasteiger partial charge in [0.25, 0.3) is 0 Å². The molecule has 0 fully saturated rings. The first-order valence-electron chi connectivity index (χ1n) is 7.21. The third-order valence-electron chi connectivity index (χ3n) is 3.65. The molecule has 1 aliphatic rings. The van der Waals surface area contributed by atoms with Gasteiger partial charge in [0.05, 0.1) is 6.10 Å². The number of nitrogens with one attached hydrogen (secondary N) is 1. The number of hydrogen-bond acceptors (Lipinski definition) is 4. The summed E-state index contributed by atoms with van der Waals surface area (Å²) in [5.41, 5.74) is 1.61. The average Bonchev–Trinajstić information content (AvgIpc) is 2.48. The Morgan fingerprint density at radius 1 is 1.24 bits per heavy atom. The molecule has 0 radical (unpaired) electrons. The first kappa shape index (κ1) is 15.4. The quantitative estimate of drug-likeness (QED) is 0.494. The van der Waals surface area contributed by atoms with Gasteiger partial charge in [-0.3, -0.25) is 4.79 Å². The minimum Gasteiger partial charge on any atom is -0.504 e. The Balaban J connectivity index is 1.82. The SMILES string of the molecule is O=C(CC1=CCCCC1)NCC(O)c1ccc(O)c(O)c1. The number of carbonyl (C=O) groups is 1. The molecule has 114 valence electrons. The summed E-state index contributed by atoms with van der Waals surface area (Å²) >= 11 is 0. The van der Waals surface area contributed by atoms with Gasteiger partial charge in [-0.15, -0.1) is 0 Å². The summed E-state index contributed by atoms with van der Waals surface area (Å²) in [6, 6.07) is 4.11. The van der Waals surface area contributed by atoms with E-state index in [1.807, 2.05) is 0 Å². The molecule has 5 heteroatoms. The predicted octanol–water partition coefficient (Wildman–Crippen LogP) is 2.14. The Kier molecular flexibility index (Phi) is 5.22. The van der Waals surface area contributed by atoms with Gasteiger partial charge >= 0.3 is 0 Å². The number of hydrogen-bond donors (Lipinski definition) is 4. The van der Waals surface area contributed by atoms with Gasteiger partial charge in [-0.25, -0.2) is 0 Å². The summed E-state index contributed by atoms with van der Waals surface area (Å²) in [5.74, 6) is -0.630. The Hall–Kier alpha value is -2.01. The zero-order chi connectivity index (χ0) is 15.2. The van der Waals surface area contributed by atoms with Crippen LogP contribution in [0, 0.1) is 0 Å². The Morgan fingerprint density at radius 2 is 2.05 bits per heavy atom. The maximum Gasteiger partial charge on any atom is 0.224 e. The number of allylic oxidation sites excluding steroid dienone is 1. The molecule has 2 rings (SSSR count). The molecule has 5 nitrogen and oxygen atoms in total. The Labute approximate surface area is 123 Å². The topological polar surface area (TPSA) is 89.8 Å². The monoisotopic (exact) mass is 291 g/mol. The minimum atomic E-state index is -0.916. The van der Waals surface area contributed by atoms with Crippen LogP contribution in [0.5, 0.6) is 11.5 Å². The van der Waals surface area contributed by atoms with E-state index in [1.54, 1.807) is 0 Å². The Bertz CT molecular complexity index is 539. The van der Waals surface area contributed by atoms with Crippen LogP contribution in [0.2, 0.25) is 0 Å². The van der Waals surface area contributed by atoms with Crippen LogP contribution in [-0.2, 0) is 4.79 Å². The van der Waals surface area contributed by atoms with Crippen LogP contribution in [0.4, 0.5) is 0 Å².